The first-order valence-electron chi connectivity index (χ1n) is 7.28. The number of aryl methyl sites for hydroxylation is 2. The zero-order chi connectivity index (χ0) is 15.6. The average Bonchev–Trinajstić information content (AvgIpc) is 2.73. The second kappa shape index (κ2) is 6.31. The first-order valence-corrected chi connectivity index (χ1v) is 7.28. The summed E-state index contributed by atoms with van der Waals surface area (Å²) >= 11 is 0. The Bertz CT molecular complexity index is 577. The maximum absolute atomic E-state index is 12.2. The third kappa shape index (κ3) is 3.27. The van der Waals surface area contributed by atoms with Gasteiger partial charge in [-0.2, -0.15) is 0 Å². The van der Waals surface area contributed by atoms with Crippen molar-refractivity contribution in [2.75, 3.05) is 7.11 Å². The number of ether oxygens (including phenoxy) is 1. The third-order valence-corrected chi connectivity index (χ3v) is 4.05. The van der Waals surface area contributed by atoms with E-state index in [1.807, 2.05) is 39.0 Å². The van der Waals surface area contributed by atoms with Gasteiger partial charge in [0.1, 0.15) is 5.76 Å². The van der Waals surface area contributed by atoms with Crippen molar-refractivity contribution in [3.8, 4) is 0 Å². The summed E-state index contributed by atoms with van der Waals surface area (Å²) in [6, 6.07) is 5.60. The van der Waals surface area contributed by atoms with Crippen molar-refractivity contribution in [2.45, 2.75) is 45.8 Å². The molecule has 0 saturated carbocycles. The number of amides is 1. The fraction of sp³-hybridized carbons (Fsp3) is 0.471. The maximum Gasteiger partial charge on any atom is 0.255 e. The van der Waals surface area contributed by atoms with Gasteiger partial charge in [0, 0.05) is 7.11 Å². The van der Waals surface area contributed by atoms with Gasteiger partial charge in [-0.15, -0.1) is 0 Å². The molecule has 2 N–H and O–H groups in total. The Labute approximate surface area is 125 Å². The summed E-state index contributed by atoms with van der Waals surface area (Å²) in [5.41, 5.74) is 3.28. The van der Waals surface area contributed by atoms with Crippen LogP contribution in [0.4, 0.5) is 0 Å². The van der Waals surface area contributed by atoms with Crippen LogP contribution in [0.3, 0.4) is 0 Å². The predicted molar refractivity (Wildman–Crippen MR) is 83.1 cm³/mol. The van der Waals surface area contributed by atoms with Gasteiger partial charge < -0.3 is 15.2 Å². The molecule has 0 aliphatic carbocycles. The van der Waals surface area contributed by atoms with E-state index in [0.29, 0.717) is 12.0 Å². The van der Waals surface area contributed by atoms with Gasteiger partial charge in [-0.05, 0) is 44.7 Å². The smallest absolute Gasteiger partial charge is 0.255 e. The van der Waals surface area contributed by atoms with E-state index in [0.717, 1.165) is 23.1 Å². The Morgan fingerprint density at radius 3 is 2.76 bits per heavy atom. The van der Waals surface area contributed by atoms with E-state index in [2.05, 4.69) is 5.32 Å². The molecule has 4 heteroatoms. The average molecular weight is 289 g/mol. The summed E-state index contributed by atoms with van der Waals surface area (Å²) < 4.78 is 5.21. The zero-order valence-electron chi connectivity index (χ0n) is 13.1. The molecule has 1 unspecified atom stereocenters. The summed E-state index contributed by atoms with van der Waals surface area (Å²) in [4.78, 5) is 12.2. The fourth-order valence-electron chi connectivity index (χ4n) is 2.58. The van der Waals surface area contributed by atoms with Crippen LogP contribution < -0.4 is 5.32 Å². The molecule has 4 nitrogen and oxygen atoms in total. The number of rotatable bonds is 5. The number of hydrogen-bond acceptors (Lipinski definition) is 3. The lowest BCUT2D eigenvalue weighted by atomic mass is 9.97. The van der Waals surface area contributed by atoms with Crippen LogP contribution >= 0.6 is 0 Å². The minimum atomic E-state index is -0.315. The molecule has 0 spiro atoms. The molecular formula is C17H23NO3. The fourth-order valence-corrected chi connectivity index (χ4v) is 2.58. The molecule has 0 bridgehead atoms. The quantitative estimate of drug-likeness (QED) is 0.876. The Balaban J connectivity index is 2.27. The van der Waals surface area contributed by atoms with Crippen LogP contribution in [0.5, 0.6) is 0 Å². The molecular weight excluding hydrogens is 266 g/mol. The highest BCUT2D eigenvalue weighted by Crippen LogP contribution is 2.30. The normalized spacial score (nSPS) is 19.8. The van der Waals surface area contributed by atoms with Crippen LogP contribution in [0.2, 0.25) is 0 Å². The molecule has 0 saturated heterocycles. The minimum Gasteiger partial charge on any atom is -0.509 e. The van der Waals surface area contributed by atoms with E-state index in [1.165, 1.54) is 0 Å². The minimum absolute atomic E-state index is 0.111. The largest absolute Gasteiger partial charge is 0.509 e. The Morgan fingerprint density at radius 2 is 2.10 bits per heavy atom. The number of carbonyl (C=O) groups is 1. The highest BCUT2D eigenvalue weighted by Gasteiger charge is 2.33. The van der Waals surface area contributed by atoms with Crippen LogP contribution in [0, 0.1) is 13.8 Å². The van der Waals surface area contributed by atoms with Crippen molar-refractivity contribution in [2.24, 2.45) is 0 Å². The Morgan fingerprint density at radius 1 is 1.38 bits per heavy atom. The molecule has 0 aromatic heterocycles. The van der Waals surface area contributed by atoms with Crippen molar-refractivity contribution in [3.05, 3.63) is 40.6 Å². The van der Waals surface area contributed by atoms with Gasteiger partial charge in [-0.1, -0.05) is 23.8 Å². The molecule has 0 radical (unpaired) electrons. The highest BCUT2D eigenvalue weighted by molar-refractivity contribution is 6.23. The van der Waals surface area contributed by atoms with Crippen LogP contribution in [0.15, 0.2) is 24.0 Å². The number of aliphatic hydroxyl groups excluding tert-OH is 1. The van der Waals surface area contributed by atoms with Gasteiger partial charge in [-0.3, -0.25) is 4.79 Å². The van der Waals surface area contributed by atoms with Crippen molar-refractivity contribution in [1.29, 1.82) is 0 Å². The molecule has 1 amide bonds. The standard InChI is InChI=1S/C17H23NO3/c1-10-5-6-11(2)13(9-10)15-16(19)14(18-17(15)20)8-7-12(3)21-4/h5-6,9,12,14,19H,7-8H2,1-4H3,(H,18,20)/t12-,14?/m0/s1. The number of methoxy groups -OCH3 is 1. The van der Waals surface area contributed by atoms with Gasteiger partial charge in [0.2, 0.25) is 0 Å². The number of nitrogens with one attached hydrogen (secondary N) is 1. The van der Waals surface area contributed by atoms with E-state index in [1.54, 1.807) is 7.11 Å². The molecule has 21 heavy (non-hydrogen) atoms. The zero-order valence-corrected chi connectivity index (χ0v) is 13.1. The third-order valence-electron chi connectivity index (χ3n) is 4.05. The van der Waals surface area contributed by atoms with E-state index in [4.69, 9.17) is 4.74 Å². The molecule has 1 aliphatic heterocycles. The molecule has 1 aromatic rings. The van der Waals surface area contributed by atoms with E-state index in [-0.39, 0.29) is 23.8 Å². The van der Waals surface area contributed by atoms with Crippen LogP contribution in [-0.2, 0) is 9.53 Å². The van der Waals surface area contributed by atoms with Gasteiger partial charge in [0.15, 0.2) is 0 Å². The number of carbonyl (C=O) groups excluding carboxylic acids is 1. The molecule has 1 heterocycles. The number of aliphatic hydroxyl groups is 1. The van der Waals surface area contributed by atoms with Gasteiger partial charge >= 0.3 is 0 Å². The van der Waals surface area contributed by atoms with Gasteiger partial charge in [-0.25, -0.2) is 0 Å². The van der Waals surface area contributed by atoms with Crippen molar-refractivity contribution in [3.63, 3.8) is 0 Å². The lowest BCUT2D eigenvalue weighted by Gasteiger charge is -2.14. The number of benzene rings is 1. The maximum atomic E-state index is 12.2. The SMILES string of the molecule is CO[C@@H](C)CCC1NC(=O)C(c2cc(C)ccc2C)=C1O. The topological polar surface area (TPSA) is 58.6 Å². The summed E-state index contributed by atoms with van der Waals surface area (Å²) in [7, 11) is 1.66. The lowest BCUT2D eigenvalue weighted by molar-refractivity contribution is -0.115. The Hall–Kier alpha value is -1.81. The molecule has 114 valence electrons. The van der Waals surface area contributed by atoms with Crippen molar-refractivity contribution in [1.82, 2.24) is 5.32 Å². The lowest BCUT2D eigenvalue weighted by Crippen LogP contribution is -2.29. The summed E-state index contributed by atoms with van der Waals surface area (Å²) in [6.45, 7) is 5.90. The highest BCUT2D eigenvalue weighted by atomic mass is 16.5. The number of hydrogen-bond donors (Lipinski definition) is 2. The summed E-state index contributed by atoms with van der Waals surface area (Å²) in [5, 5.41) is 13.3. The van der Waals surface area contributed by atoms with Crippen molar-refractivity contribution >= 4 is 11.5 Å². The predicted octanol–water partition coefficient (Wildman–Crippen LogP) is 2.89. The molecule has 2 atom stereocenters. The van der Waals surface area contributed by atoms with Crippen LogP contribution in [-0.4, -0.2) is 30.3 Å². The van der Waals surface area contributed by atoms with E-state index >= 15 is 0 Å². The first kappa shape index (κ1) is 15.6. The summed E-state index contributed by atoms with van der Waals surface area (Å²) in [5.74, 6) is -0.0479. The monoisotopic (exact) mass is 289 g/mol. The van der Waals surface area contributed by atoms with Crippen molar-refractivity contribution < 1.29 is 14.6 Å². The molecule has 2 rings (SSSR count). The van der Waals surface area contributed by atoms with Crippen LogP contribution in [0.1, 0.15) is 36.5 Å². The van der Waals surface area contributed by atoms with Gasteiger partial charge in [0.25, 0.3) is 5.91 Å². The second-order valence-electron chi connectivity index (χ2n) is 5.73. The molecule has 1 aliphatic rings. The summed E-state index contributed by atoms with van der Waals surface area (Å²) in [6.07, 6.45) is 1.56. The molecule has 1 aromatic carbocycles. The Kier molecular flexibility index (Phi) is 4.68. The van der Waals surface area contributed by atoms with Gasteiger partial charge in [0.05, 0.1) is 17.7 Å². The van der Waals surface area contributed by atoms with E-state index in [9.17, 15) is 9.90 Å². The van der Waals surface area contributed by atoms with E-state index < -0.39 is 0 Å². The van der Waals surface area contributed by atoms with Crippen LogP contribution in [0.25, 0.3) is 5.57 Å². The molecule has 0 fully saturated rings. The second-order valence-corrected chi connectivity index (χ2v) is 5.73. The first-order chi connectivity index (χ1) is 9.93.